The van der Waals surface area contributed by atoms with Gasteiger partial charge in [0.05, 0.1) is 6.10 Å². The van der Waals surface area contributed by atoms with Gasteiger partial charge in [0.1, 0.15) is 0 Å². The van der Waals surface area contributed by atoms with Crippen LogP contribution in [0.15, 0.2) is 28.7 Å². The Kier molecular flexibility index (Phi) is 4.63. The first-order chi connectivity index (χ1) is 6.65. The lowest BCUT2D eigenvalue weighted by Crippen LogP contribution is -2.10. The number of rotatable bonds is 4. The summed E-state index contributed by atoms with van der Waals surface area (Å²) >= 11 is 3.43. The molecule has 0 unspecified atom stereocenters. The van der Waals surface area contributed by atoms with Crippen molar-refractivity contribution in [2.45, 2.75) is 26.9 Å². The van der Waals surface area contributed by atoms with E-state index in [1.54, 1.807) is 0 Å². The van der Waals surface area contributed by atoms with Crippen molar-refractivity contribution in [2.75, 3.05) is 6.61 Å². The highest BCUT2D eigenvalue weighted by Gasteiger charge is 2.15. The molecule has 0 aromatic heterocycles. The molecule has 0 N–H and O–H groups in total. The van der Waals surface area contributed by atoms with E-state index in [9.17, 15) is 0 Å². The van der Waals surface area contributed by atoms with Crippen LogP contribution in [0.5, 0.6) is 0 Å². The molecule has 0 heterocycles. The molecule has 0 amide bonds. The van der Waals surface area contributed by atoms with Crippen molar-refractivity contribution in [3.63, 3.8) is 0 Å². The highest BCUT2D eigenvalue weighted by atomic mass is 79.9. The van der Waals surface area contributed by atoms with Crippen molar-refractivity contribution < 1.29 is 4.74 Å². The number of benzene rings is 1. The summed E-state index contributed by atoms with van der Waals surface area (Å²) in [6.07, 6.45) is 0.216. The largest absolute Gasteiger partial charge is 0.374 e. The van der Waals surface area contributed by atoms with Gasteiger partial charge in [-0.2, -0.15) is 0 Å². The standard InChI is InChI=1S/C12H17BrO/c1-4-14-12(9(2)3)10-5-7-11(13)8-6-10/h5-9,12H,4H2,1-3H3/t12-/m1/s1. The second-order valence-corrected chi connectivity index (χ2v) is 4.59. The first kappa shape index (κ1) is 11.7. The SMILES string of the molecule is CCO[C@@H](c1ccc(Br)cc1)C(C)C. The van der Waals surface area contributed by atoms with Crippen molar-refractivity contribution in [3.8, 4) is 0 Å². The van der Waals surface area contributed by atoms with Gasteiger partial charge in [-0.15, -0.1) is 0 Å². The van der Waals surface area contributed by atoms with Gasteiger partial charge in [0.2, 0.25) is 0 Å². The molecular formula is C12H17BrO. The second-order valence-electron chi connectivity index (χ2n) is 3.67. The zero-order chi connectivity index (χ0) is 10.6. The van der Waals surface area contributed by atoms with E-state index in [1.807, 2.05) is 6.92 Å². The second kappa shape index (κ2) is 5.52. The van der Waals surface area contributed by atoms with E-state index in [0.29, 0.717) is 5.92 Å². The Morgan fingerprint density at radius 2 is 1.79 bits per heavy atom. The van der Waals surface area contributed by atoms with E-state index in [4.69, 9.17) is 4.74 Å². The normalized spacial score (nSPS) is 13.2. The molecule has 0 radical (unpaired) electrons. The zero-order valence-corrected chi connectivity index (χ0v) is 10.5. The van der Waals surface area contributed by atoms with Gasteiger partial charge in [-0.3, -0.25) is 0 Å². The van der Waals surface area contributed by atoms with Gasteiger partial charge in [0.15, 0.2) is 0 Å². The van der Waals surface area contributed by atoms with Gasteiger partial charge in [0, 0.05) is 11.1 Å². The summed E-state index contributed by atoms with van der Waals surface area (Å²) in [5.74, 6) is 0.510. The van der Waals surface area contributed by atoms with Gasteiger partial charge < -0.3 is 4.74 Å². The van der Waals surface area contributed by atoms with E-state index < -0.39 is 0 Å². The topological polar surface area (TPSA) is 9.23 Å². The van der Waals surface area contributed by atoms with Crippen LogP contribution < -0.4 is 0 Å². The first-order valence-corrected chi connectivity index (χ1v) is 5.81. The average Bonchev–Trinajstić information content (AvgIpc) is 2.15. The maximum absolute atomic E-state index is 5.71. The highest BCUT2D eigenvalue weighted by molar-refractivity contribution is 9.10. The Bertz CT molecular complexity index is 266. The third kappa shape index (κ3) is 3.10. The van der Waals surface area contributed by atoms with Crippen LogP contribution >= 0.6 is 15.9 Å². The van der Waals surface area contributed by atoms with Crippen molar-refractivity contribution in [2.24, 2.45) is 5.92 Å². The number of hydrogen-bond acceptors (Lipinski definition) is 1. The number of halogens is 1. The fourth-order valence-corrected chi connectivity index (χ4v) is 1.77. The Balaban J connectivity index is 2.82. The first-order valence-electron chi connectivity index (χ1n) is 5.02. The highest BCUT2D eigenvalue weighted by Crippen LogP contribution is 2.26. The molecule has 0 saturated carbocycles. The third-order valence-corrected chi connectivity index (χ3v) is 2.68. The molecule has 1 aromatic carbocycles. The summed E-state index contributed by atoms with van der Waals surface area (Å²) in [4.78, 5) is 0. The maximum atomic E-state index is 5.71. The predicted molar refractivity (Wildman–Crippen MR) is 63.3 cm³/mol. The molecular weight excluding hydrogens is 240 g/mol. The van der Waals surface area contributed by atoms with E-state index in [-0.39, 0.29) is 6.10 Å². The molecule has 0 bridgehead atoms. The van der Waals surface area contributed by atoms with E-state index in [1.165, 1.54) is 5.56 Å². The lowest BCUT2D eigenvalue weighted by Gasteiger charge is -2.21. The summed E-state index contributed by atoms with van der Waals surface area (Å²) < 4.78 is 6.83. The van der Waals surface area contributed by atoms with Crippen LogP contribution in [0.1, 0.15) is 32.4 Å². The Labute approximate surface area is 94.6 Å². The molecule has 0 spiro atoms. The molecule has 0 aliphatic rings. The minimum Gasteiger partial charge on any atom is -0.374 e. The number of hydrogen-bond donors (Lipinski definition) is 0. The van der Waals surface area contributed by atoms with Crippen LogP contribution in [0.2, 0.25) is 0 Å². The fourth-order valence-electron chi connectivity index (χ4n) is 1.51. The summed E-state index contributed by atoms with van der Waals surface area (Å²) in [6, 6.07) is 8.35. The van der Waals surface area contributed by atoms with Crippen LogP contribution in [-0.4, -0.2) is 6.61 Å². The van der Waals surface area contributed by atoms with Crippen LogP contribution in [0.4, 0.5) is 0 Å². The lowest BCUT2D eigenvalue weighted by molar-refractivity contribution is 0.0294. The Hall–Kier alpha value is -0.340. The van der Waals surface area contributed by atoms with Gasteiger partial charge >= 0.3 is 0 Å². The summed E-state index contributed by atoms with van der Waals surface area (Å²) in [7, 11) is 0. The van der Waals surface area contributed by atoms with E-state index in [0.717, 1.165) is 11.1 Å². The summed E-state index contributed by atoms with van der Waals surface area (Å²) in [6.45, 7) is 7.16. The molecule has 14 heavy (non-hydrogen) atoms. The molecule has 0 fully saturated rings. The molecule has 0 saturated heterocycles. The third-order valence-electron chi connectivity index (χ3n) is 2.15. The minimum absolute atomic E-state index is 0.216. The molecule has 1 rings (SSSR count). The predicted octanol–water partition coefficient (Wildman–Crippen LogP) is 4.18. The molecule has 1 aromatic rings. The molecule has 0 aliphatic heterocycles. The van der Waals surface area contributed by atoms with Crippen molar-refractivity contribution in [1.29, 1.82) is 0 Å². The molecule has 1 nitrogen and oxygen atoms in total. The van der Waals surface area contributed by atoms with E-state index >= 15 is 0 Å². The lowest BCUT2D eigenvalue weighted by atomic mass is 9.99. The number of ether oxygens (including phenoxy) is 1. The van der Waals surface area contributed by atoms with Crippen molar-refractivity contribution >= 4 is 15.9 Å². The van der Waals surface area contributed by atoms with Crippen LogP contribution in [0.3, 0.4) is 0 Å². The Morgan fingerprint density at radius 1 is 1.21 bits per heavy atom. The van der Waals surface area contributed by atoms with Gasteiger partial charge in [0.25, 0.3) is 0 Å². The molecule has 0 aliphatic carbocycles. The fraction of sp³-hybridized carbons (Fsp3) is 0.500. The quantitative estimate of drug-likeness (QED) is 0.786. The van der Waals surface area contributed by atoms with Gasteiger partial charge in [-0.1, -0.05) is 41.9 Å². The zero-order valence-electron chi connectivity index (χ0n) is 8.96. The molecule has 78 valence electrons. The van der Waals surface area contributed by atoms with Gasteiger partial charge in [-0.25, -0.2) is 0 Å². The van der Waals surface area contributed by atoms with Crippen molar-refractivity contribution in [3.05, 3.63) is 34.3 Å². The van der Waals surface area contributed by atoms with Crippen molar-refractivity contribution in [1.82, 2.24) is 0 Å². The van der Waals surface area contributed by atoms with Crippen LogP contribution in [0.25, 0.3) is 0 Å². The average molecular weight is 257 g/mol. The van der Waals surface area contributed by atoms with Crippen LogP contribution in [0, 0.1) is 5.92 Å². The van der Waals surface area contributed by atoms with Gasteiger partial charge in [-0.05, 0) is 30.5 Å². The summed E-state index contributed by atoms with van der Waals surface area (Å²) in [5.41, 5.74) is 1.25. The van der Waals surface area contributed by atoms with E-state index in [2.05, 4.69) is 54.0 Å². The van der Waals surface area contributed by atoms with Crippen LogP contribution in [-0.2, 0) is 4.74 Å². The molecule has 2 heteroatoms. The monoisotopic (exact) mass is 256 g/mol. The Morgan fingerprint density at radius 3 is 2.21 bits per heavy atom. The smallest absolute Gasteiger partial charge is 0.0847 e. The summed E-state index contributed by atoms with van der Waals surface area (Å²) in [5, 5.41) is 0. The maximum Gasteiger partial charge on any atom is 0.0847 e. The minimum atomic E-state index is 0.216. The molecule has 1 atom stereocenters.